The summed E-state index contributed by atoms with van der Waals surface area (Å²) in [6.45, 7) is 1.26. The van der Waals surface area contributed by atoms with E-state index in [2.05, 4.69) is 15.9 Å². The van der Waals surface area contributed by atoms with Crippen molar-refractivity contribution in [2.75, 3.05) is 13.2 Å². The smallest absolute Gasteiger partial charge is 0.0884 e. The zero-order chi connectivity index (χ0) is 8.60. The zero-order valence-corrected chi connectivity index (χ0v) is 9.40. The highest BCUT2D eigenvalue weighted by molar-refractivity contribution is 9.10. The summed E-state index contributed by atoms with van der Waals surface area (Å²) < 4.78 is 6.16. The van der Waals surface area contributed by atoms with Crippen molar-refractivity contribution in [1.82, 2.24) is 0 Å². The van der Waals surface area contributed by atoms with Crippen LogP contribution in [0.4, 0.5) is 0 Å². The van der Waals surface area contributed by atoms with Crippen LogP contribution in [-0.2, 0) is 10.3 Å². The second-order valence-electron chi connectivity index (χ2n) is 3.16. The summed E-state index contributed by atoms with van der Waals surface area (Å²) in [6, 6.07) is 8.06. The van der Waals surface area contributed by atoms with Crippen LogP contribution in [0.25, 0.3) is 0 Å². The molecule has 2 N–H and O–H groups in total. The summed E-state index contributed by atoms with van der Waals surface area (Å²) in [7, 11) is 0. The van der Waals surface area contributed by atoms with Gasteiger partial charge in [-0.15, -0.1) is 12.4 Å². The average molecular weight is 265 g/mol. The Hall–Kier alpha value is -0.0900. The third-order valence-electron chi connectivity index (χ3n) is 2.12. The molecular weight excluding hydrogens is 253 g/mol. The first-order valence-corrected chi connectivity index (χ1v) is 4.63. The largest absolute Gasteiger partial charge is 0.377 e. The minimum Gasteiger partial charge on any atom is -0.377 e. The second-order valence-corrected chi connectivity index (χ2v) is 4.07. The zero-order valence-electron chi connectivity index (χ0n) is 7.00. The Morgan fingerprint density at radius 3 is 2.54 bits per heavy atom. The van der Waals surface area contributed by atoms with E-state index in [4.69, 9.17) is 10.5 Å². The molecule has 1 aliphatic rings. The lowest BCUT2D eigenvalue weighted by molar-refractivity contribution is -0.0569. The maximum Gasteiger partial charge on any atom is 0.0884 e. The number of nitrogens with two attached hydrogens (primary N) is 1. The predicted molar refractivity (Wildman–Crippen MR) is 58.1 cm³/mol. The van der Waals surface area contributed by atoms with Gasteiger partial charge in [-0.3, -0.25) is 0 Å². The SMILES string of the molecule is Cl.NC1(c2cccc(Br)c2)COC1. The third-order valence-corrected chi connectivity index (χ3v) is 2.61. The molecule has 1 heterocycles. The van der Waals surface area contributed by atoms with Crippen molar-refractivity contribution in [1.29, 1.82) is 0 Å². The number of halogens is 2. The van der Waals surface area contributed by atoms with E-state index in [0.29, 0.717) is 13.2 Å². The van der Waals surface area contributed by atoms with E-state index in [-0.39, 0.29) is 17.9 Å². The van der Waals surface area contributed by atoms with Gasteiger partial charge in [-0.05, 0) is 17.7 Å². The molecule has 1 fully saturated rings. The fourth-order valence-electron chi connectivity index (χ4n) is 1.29. The average Bonchev–Trinajstić information content (AvgIpc) is 2.00. The number of benzene rings is 1. The Bertz CT molecular complexity index is 301. The van der Waals surface area contributed by atoms with Gasteiger partial charge in [0, 0.05) is 4.47 Å². The molecule has 13 heavy (non-hydrogen) atoms. The molecule has 2 rings (SSSR count). The van der Waals surface area contributed by atoms with Gasteiger partial charge in [0.05, 0.1) is 18.8 Å². The molecule has 0 aromatic heterocycles. The van der Waals surface area contributed by atoms with Crippen LogP contribution in [0, 0.1) is 0 Å². The molecule has 0 radical (unpaired) electrons. The topological polar surface area (TPSA) is 35.2 Å². The number of hydrogen-bond acceptors (Lipinski definition) is 2. The van der Waals surface area contributed by atoms with Crippen LogP contribution in [-0.4, -0.2) is 13.2 Å². The highest BCUT2D eigenvalue weighted by Crippen LogP contribution is 2.28. The molecule has 4 heteroatoms. The fraction of sp³-hybridized carbons (Fsp3) is 0.333. The Morgan fingerprint density at radius 1 is 1.38 bits per heavy atom. The van der Waals surface area contributed by atoms with E-state index in [1.165, 1.54) is 0 Å². The molecule has 1 aromatic carbocycles. The Kier molecular flexibility index (Phi) is 3.35. The molecule has 1 aromatic rings. The number of hydrogen-bond donors (Lipinski definition) is 1. The Morgan fingerprint density at radius 2 is 2.08 bits per heavy atom. The van der Waals surface area contributed by atoms with Crippen LogP contribution < -0.4 is 5.73 Å². The van der Waals surface area contributed by atoms with Crippen molar-refractivity contribution in [2.24, 2.45) is 5.73 Å². The first-order chi connectivity index (χ1) is 5.71. The predicted octanol–water partition coefficient (Wildman–Crippen LogP) is 2.06. The molecular formula is C9H11BrClNO. The standard InChI is InChI=1S/C9H10BrNO.ClH/c10-8-3-1-2-7(4-8)9(11)5-12-6-9;/h1-4H,5-6,11H2;1H. The first-order valence-electron chi connectivity index (χ1n) is 3.83. The van der Waals surface area contributed by atoms with Gasteiger partial charge in [0.2, 0.25) is 0 Å². The molecule has 0 saturated carbocycles. The molecule has 0 bridgehead atoms. The van der Waals surface area contributed by atoms with E-state index >= 15 is 0 Å². The van der Waals surface area contributed by atoms with Crippen LogP contribution in [0.1, 0.15) is 5.56 Å². The van der Waals surface area contributed by atoms with Crippen LogP contribution in [0.3, 0.4) is 0 Å². The summed E-state index contributed by atoms with van der Waals surface area (Å²) in [6.07, 6.45) is 0. The maximum absolute atomic E-state index is 6.05. The van der Waals surface area contributed by atoms with E-state index in [1.807, 2.05) is 24.3 Å². The van der Waals surface area contributed by atoms with Crippen molar-refractivity contribution < 1.29 is 4.74 Å². The molecule has 0 unspecified atom stereocenters. The van der Waals surface area contributed by atoms with E-state index in [1.54, 1.807) is 0 Å². The monoisotopic (exact) mass is 263 g/mol. The molecule has 0 spiro atoms. The lowest BCUT2D eigenvalue weighted by atomic mass is 9.89. The normalized spacial score (nSPS) is 18.6. The quantitative estimate of drug-likeness (QED) is 0.843. The van der Waals surface area contributed by atoms with Crippen molar-refractivity contribution in [3.63, 3.8) is 0 Å². The van der Waals surface area contributed by atoms with Gasteiger partial charge in [-0.25, -0.2) is 0 Å². The Labute approximate surface area is 92.0 Å². The fourth-order valence-corrected chi connectivity index (χ4v) is 1.69. The molecule has 1 saturated heterocycles. The molecule has 0 aliphatic carbocycles. The van der Waals surface area contributed by atoms with Gasteiger partial charge in [-0.2, -0.15) is 0 Å². The van der Waals surface area contributed by atoms with Gasteiger partial charge < -0.3 is 10.5 Å². The molecule has 1 aliphatic heterocycles. The van der Waals surface area contributed by atoms with Crippen molar-refractivity contribution >= 4 is 28.3 Å². The van der Waals surface area contributed by atoms with Crippen molar-refractivity contribution in [3.05, 3.63) is 34.3 Å². The minimum atomic E-state index is -0.246. The van der Waals surface area contributed by atoms with Crippen molar-refractivity contribution in [3.8, 4) is 0 Å². The lowest BCUT2D eigenvalue weighted by Gasteiger charge is -2.38. The van der Waals surface area contributed by atoms with Gasteiger partial charge in [-0.1, -0.05) is 28.1 Å². The third kappa shape index (κ3) is 2.05. The molecule has 2 nitrogen and oxygen atoms in total. The summed E-state index contributed by atoms with van der Waals surface area (Å²) in [5.74, 6) is 0. The number of rotatable bonds is 1. The number of ether oxygens (including phenoxy) is 1. The lowest BCUT2D eigenvalue weighted by Crippen LogP contribution is -2.54. The van der Waals surface area contributed by atoms with Gasteiger partial charge >= 0.3 is 0 Å². The molecule has 0 amide bonds. The summed E-state index contributed by atoms with van der Waals surface area (Å²) in [4.78, 5) is 0. The van der Waals surface area contributed by atoms with Gasteiger partial charge in [0.25, 0.3) is 0 Å². The minimum absolute atomic E-state index is 0. The van der Waals surface area contributed by atoms with Crippen LogP contribution in [0.5, 0.6) is 0 Å². The first kappa shape index (κ1) is 11.0. The van der Waals surface area contributed by atoms with Crippen LogP contribution in [0.2, 0.25) is 0 Å². The molecule has 0 atom stereocenters. The Balaban J connectivity index is 0.000000845. The molecule has 72 valence electrons. The summed E-state index contributed by atoms with van der Waals surface area (Å²) >= 11 is 3.41. The van der Waals surface area contributed by atoms with Gasteiger partial charge in [0.15, 0.2) is 0 Å². The second kappa shape index (κ2) is 3.96. The highest BCUT2D eigenvalue weighted by atomic mass is 79.9. The maximum atomic E-state index is 6.05. The van der Waals surface area contributed by atoms with Crippen molar-refractivity contribution in [2.45, 2.75) is 5.54 Å². The highest BCUT2D eigenvalue weighted by Gasteiger charge is 2.35. The van der Waals surface area contributed by atoms with Crippen LogP contribution >= 0.6 is 28.3 Å². The van der Waals surface area contributed by atoms with E-state index in [0.717, 1.165) is 10.0 Å². The van der Waals surface area contributed by atoms with E-state index < -0.39 is 0 Å². The summed E-state index contributed by atoms with van der Waals surface area (Å²) in [5.41, 5.74) is 6.94. The van der Waals surface area contributed by atoms with Gasteiger partial charge in [0.1, 0.15) is 0 Å². The summed E-state index contributed by atoms with van der Waals surface area (Å²) in [5, 5.41) is 0. The van der Waals surface area contributed by atoms with E-state index in [9.17, 15) is 0 Å². The van der Waals surface area contributed by atoms with Crippen LogP contribution in [0.15, 0.2) is 28.7 Å².